The largest absolute Gasteiger partial charge is 0.398 e. The topological polar surface area (TPSA) is 26.0 Å². The fraction of sp³-hybridized carbons (Fsp3) is 0.571. The molecule has 0 bridgehead atoms. The Labute approximate surface area is 107 Å². The average Bonchev–Trinajstić information content (AvgIpc) is 2.30. The van der Waals surface area contributed by atoms with Crippen LogP contribution in [0.25, 0.3) is 0 Å². The van der Waals surface area contributed by atoms with Crippen molar-refractivity contribution in [1.29, 1.82) is 0 Å². The Balaban J connectivity index is 1.90. The summed E-state index contributed by atoms with van der Waals surface area (Å²) in [5.74, 6) is 1.49. The Morgan fingerprint density at radius 2 is 2.24 bits per heavy atom. The van der Waals surface area contributed by atoms with Gasteiger partial charge in [0, 0.05) is 16.7 Å². The molecule has 1 aliphatic carbocycles. The van der Waals surface area contributed by atoms with Gasteiger partial charge in [-0.1, -0.05) is 19.8 Å². The number of nitrogens with two attached hydrogens (primary N) is 1. The van der Waals surface area contributed by atoms with Crippen molar-refractivity contribution in [3.63, 3.8) is 0 Å². The number of benzene rings is 1. The van der Waals surface area contributed by atoms with Crippen LogP contribution in [0.3, 0.4) is 0 Å². The molecule has 1 nitrogen and oxygen atoms in total. The summed E-state index contributed by atoms with van der Waals surface area (Å²) in [5.41, 5.74) is 7.50. The van der Waals surface area contributed by atoms with E-state index in [4.69, 9.17) is 5.73 Å². The minimum absolute atomic E-state index is 0.188. The number of nitrogen functional groups attached to an aromatic ring is 1. The van der Waals surface area contributed by atoms with E-state index in [0.29, 0.717) is 5.69 Å². The second-order valence-electron chi connectivity index (χ2n) is 5.05. The zero-order chi connectivity index (χ0) is 12.3. The minimum atomic E-state index is -0.188. The molecule has 0 radical (unpaired) electrons. The van der Waals surface area contributed by atoms with Crippen LogP contribution in [0.15, 0.2) is 18.2 Å². The van der Waals surface area contributed by atoms with E-state index in [1.807, 2.05) is 11.8 Å². The van der Waals surface area contributed by atoms with Gasteiger partial charge in [-0.25, -0.2) is 4.39 Å². The lowest BCUT2D eigenvalue weighted by Gasteiger charge is -2.26. The summed E-state index contributed by atoms with van der Waals surface area (Å²) in [4.78, 5) is 0. The van der Waals surface area contributed by atoms with Crippen LogP contribution in [-0.2, 0) is 5.75 Å². The van der Waals surface area contributed by atoms with Crippen molar-refractivity contribution >= 4 is 17.4 Å². The molecule has 0 saturated heterocycles. The molecule has 2 rings (SSSR count). The zero-order valence-electron chi connectivity index (χ0n) is 10.3. The van der Waals surface area contributed by atoms with Crippen molar-refractivity contribution in [2.24, 2.45) is 5.92 Å². The molecule has 0 amide bonds. The molecule has 1 aromatic carbocycles. The van der Waals surface area contributed by atoms with Crippen LogP contribution in [-0.4, -0.2) is 5.25 Å². The van der Waals surface area contributed by atoms with Crippen molar-refractivity contribution in [2.75, 3.05) is 5.73 Å². The normalized spacial score (nSPS) is 24.8. The summed E-state index contributed by atoms with van der Waals surface area (Å²) in [6.45, 7) is 2.32. The maximum atomic E-state index is 13.1. The van der Waals surface area contributed by atoms with Crippen molar-refractivity contribution < 1.29 is 4.39 Å². The van der Waals surface area contributed by atoms with Crippen LogP contribution in [0, 0.1) is 11.7 Å². The van der Waals surface area contributed by atoms with Gasteiger partial charge in [-0.15, -0.1) is 0 Å². The SMILES string of the molecule is CC1CCCC(SCc2cc(F)ccc2N)C1. The van der Waals surface area contributed by atoms with Crippen LogP contribution in [0.4, 0.5) is 10.1 Å². The quantitative estimate of drug-likeness (QED) is 0.816. The predicted molar refractivity (Wildman–Crippen MR) is 73.5 cm³/mol. The Kier molecular flexibility index (Phi) is 4.32. The van der Waals surface area contributed by atoms with Crippen LogP contribution < -0.4 is 5.73 Å². The van der Waals surface area contributed by atoms with Gasteiger partial charge in [0.05, 0.1) is 0 Å². The lowest BCUT2D eigenvalue weighted by Crippen LogP contribution is -2.15. The summed E-state index contributed by atoms with van der Waals surface area (Å²) < 4.78 is 13.1. The van der Waals surface area contributed by atoms with Gasteiger partial charge in [-0.05, 0) is 42.5 Å². The number of thioether (sulfide) groups is 1. The molecule has 2 unspecified atom stereocenters. The summed E-state index contributed by atoms with van der Waals surface area (Å²) in [6, 6.07) is 4.65. The van der Waals surface area contributed by atoms with E-state index in [0.717, 1.165) is 22.5 Å². The van der Waals surface area contributed by atoms with Gasteiger partial charge >= 0.3 is 0 Å². The summed E-state index contributed by atoms with van der Waals surface area (Å²) in [5, 5.41) is 0.724. The lowest BCUT2D eigenvalue weighted by atomic mass is 9.91. The molecule has 0 aliphatic heterocycles. The smallest absolute Gasteiger partial charge is 0.123 e. The van der Waals surface area contributed by atoms with E-state index < -0.39 is 0 Å². The van der Waals surface area contributed by atoms with Gasteiger partial charge < -0.3 is 5.73 Å². The first-order valence-corrected chi connectivity index (χ1v) is 7.35. The van der Waals surface area contributed by atoms with Gasteiger partial charge in [0.25, 0.3) is 0 Å². The minimum Gasteiger partial charge on any atom is -0.398 e. The fourth-order valence-electron chi connectivity index (χ4n) is 2.44. The van der Waals surface area contributed by atoms with Crippen molar-refractivity contribution in [1.82, 2.24) is 0 Å². The molecule has 0 aromatic heterocycles. The molecule has 2 N–H and O–H groups in total. The van der Waals surface area contributed by atoms with Crippen LogP contribution >= 0.6 is 11.8 Å². The Morgan fingerprint density at radius 1 is 1.41 bits per heavy atom. The molecule has 3 heteroatoms. The van der Waals surface area contributed by atoms with E-state index in [1.54, 1.807) is 12.1 Å². The molecule has 1 aromatic rings. The number of hydrogen-bond acceptors (Lipinski definition) is 2. The molecule has 2 atom stereocenters. The van der Waals surface area contributed by atoms with E-state index in [1.165, 1.54) is 31.7 Å². The monoisotopic (exact) mass is 253 g/mol. The van der Waals surface area contributed by atoms with Gasteiger partial charge in [-0.3, -0.25) is 0 Å². The third kappa shape index (κ3) is 3.63. The third-order valence-electron chi connectivity index (χ3n) is 3.47. The summed E-state index contributed by atoms with van der Waals surface area (Å²) >= 11 is 1.93. The Morgan fingerprint density at radius 3 is 3.00 bits per heavy atom. The number of halogens is 1. The van der Waals surface area contributed by atoms with Gasteiger partial charge in [0.2, 0.25) is 0 Å². The highest BCUT2D eigenvalue weighted by atomic mass is 32.2. The second-order valence-corrected chi connectivity index (χ2v) is 6.34. The predicted octanol–water partition coefficient (Wildman–Crippen LogP) is 4.22. The standard InChI is InChI=1S/C14H20FNS/c1-10-3-2-4-13(7-10)17-9-11-8-12(15)5-6-14(11)16/h5-6,8,10,13H,2-4,7,9,16H2,1H3. The van der Waals surface area contributed by atoms with E-state index >= 15 is 0 Å². The van der Waals surface area contributed by atoms with Crippen LogP contribution in [0.5, 0.6) is 0 Å². The van der Waals surface area contributed by atoms with Crippen molar-refractivity contribution in [3.05, 3.63) is 29.6 Å². The first-order chi connectivity index (χ1) is 8.15. The highest BCUT2D eigenvalue weighted by molar-refractivity contribution is 7.99. The first-order valence-electron chi connectivity index (χ1n) is 6.30. The zero-order valence-corrected chi connectivity index (χ0v) is 11.1. The average molecular weight is 253 g/mol. The molecule has 94 valence electrons. The second kappa shape index (κ2) is 5.76. The molecular formula is C14H20FNS. The maximum Gasteiger partial charge on any atom is 0.123 e. The van der Waals surface area contributed by atoms with E-state index in [-0.39, 0.29) is 5.82 Å². The van der Waals surface area contributed by atoms with Crippen molar-refractivity contribution in [2.45, 2.75) is 43.6 Å². The fourth-order valence-corrected chi connectivity index (χ4v) is 3.90. The lowest BCUT2D eigenvalue weighted by molar-refractivity contribution is 0.394. The number of anilines is 1. The molecule has 17 heavy (non-hydrogen) atoms. The third-order valence-corrected chi connectivity index (χ3v) is 4.85. The Bertz CT molecular complexity index is 380. The van der Waals surface area contributed by atoms with Crippen molar-refractivity contribution in [3.8, 4) is 0 Å². The molecular weight excluding hydrogens is 233 g/mol. The molecule has 1 aliphatic rings. The molecule has 0 spiro atoms. The number of hydrogen-bond donors (Lipinski definition) is 1. The van der Waals surface area contributed by atoms with Crippen LogP contribution in [0.2, 0.25) is 0 Å². The highest BCUT2D eigenvalue weighted by Crippen LogP contribution is 2.34. The van der Waals surface area contributed by atoms with Crippen LogP contribution in [0.1, 0.15) is 38.2 Å². The van der Waals surface area contributed by atoms with E-state index in [9.17, 15) is 4.39 Å². The summed E-state index contributed by atoms with van der Waals surface area (Å²) in [6.07, 6.45) is 5.28. The molecule has 1 fully saturated rings. The molecule has 1 saturated carbocycles. The highest BCUT2D eigenvalue weighted by Gasteiger charge is 2.19. The van der Waals surface area contributed by atoms with E-state index in [2.05, 4.69) is 6.92 Å². The van der Waals surface area contributed by atoms with Gasteiger partial charge in [-0.2, -0.15) is 11.8 Å². The summed E-state index contributed by atoms with van der Waals surface area (Å²) in [7, 11) is 0. The van der Waals surface area contributed by atoms with Gasteiger partial charge in [0.1, 0.15) is 5.82 Å². The molecule has 0 heterocycles. The maximum absolute atomic E-state index is 13.1. The van der Waals surface area contributed by atoms with Gasteiger partial charge in [0.15, 0.2) is 0 Å². The Hall–Kier alpha value is -0.700. The number of rotatable bonds is 3. The first kappa shape index (κ1) is 12.7.